The molecule has 1 aromatic heterocycles. The first-order chi connectivity index (χ1) is 13.6. The Morgan fingerprint density at radius 1 is 1.00 bits per heavy atom. The number of aromatic nitrogens is 1. The van der Waals surface area contributed by atoms with E-state index in [9.17, 15) is 9.59 Å². The highest BCUT2D eigenvalue weighted by Gasteiger charge is 2.11. The molecule has 3 rings (SSSR count). The van der Waals surface area contributed by atoms with E-state index in [4.69, 9.17) is 4.42 Å². The third-order valence-corrected chi connectivity index (χ3v) is 4.48. The van der Waals surface area contributed by atoms with Gasteiger partial charge in [-0.2, -0.15) is 0 Å². The van der Waals surface area contributed by atoms with E-state index in [0.717, 1.165) is 24.3 Å². The van der Waals surface area contributed by atoms with Crippen LogP contribution in [-0.4, -0.2) is 29.9 Å². The van der Waals surface area contributed by atoms with Crippen molar-refractivity contribution < 1.29 is 14.0 Å². The molecular formula is C21H24N4O3. The molecule has 7 heteroatoms. The SMILES string of the molecule is CCN(CC)c1ccc(C(=O)NNC(=O)CCc2nc3ccccc3o2)cc1. The van der Waals surface area contributed by atoms with Gasteiger partial charge in [-0.15, -0.1) is 0 Å². The van der Waals surface area contributed by atoms with E-state index in [1.54, 1.807) is 12.1 Å². The van der Waals surface area contributed by atoms with Crippen LogP contribution in [0.2, 0.25) is 0 Å². The molecule has 146 valence electrons. The monoisotopic (exact) mass is 380 g/mol. The van der Waals surface area contributed by atoms with Crippen molar-refractivity contribution in [2.75, 3.05) is 18.0 Å². The average Bonchev–Trinajstić information content (AvgIpc) is 3.15. The fourth-order valence-electron chi connectivity index (χ4n) is 2.92. The Labute approximate surface area is 163 Å². The Kier molecular flexibility index (Phi) is 6.26. The summed E-state index contributed by atoms with van der Waals surface area (Å²) in [5.74, 6) is -0.175. The quantitative estimate of drug-likeness (QED) is 0.615. The van der Waals surface area contributed by atoms with E-state index in [1.165, 1.54) is 0 Å². The second-order valence-electron chi connectivity index (χ2n) is 6.30. The van der Waals surface area contributed by atoms with Crippen molar-refractivity contribution in [2.45, 2.75) is 26.7 Å². The van der Waals surface area contributed by atoms with Gasteiger partial charge >= 0.3 is 0 Å². The molecule has 28 heavy (non-hydrogen) atoms. The van der Waals surface area contributed by atoms with Gasteiger partial charge in [0.1, 0.15) is 5.52 Å². The maximum atomic E-state index is 12.2. The van der Waals surface area contributed by atoms with Gasteiger partial charge in [0.15, 0.2) is 11.5 Å². The molecule has 0 bridgehead atoms. The predicted molar refractivity (Wildman–Crippen MR) is 108 cm³/mol. The highest BCUT2D eigenvalue weighted by atomic mass is 16.3. The predicted octanol–water partition coefficient (Wildman–Crippen LogP) is 3.07. The van der Waals surface area contributed by atoms with Gasteiger partial charge < -0.3 is 9.32 Å². The summed E-state index contributed by atoms with van der Waals surface area (Å²) in [4.78, 5) is 30.7. The molecule has 0 fully saturated rings. The minimum atomic E-state index is -0.360. The summed E-state index contributed by atoms with van der Waals surface area (Å²) < 4.78 is 5.58. The van der Waals surface area contributed by atoms with Gasteiger partial charge in [0.25, 0.3) is 5.91 Å². The van der Waals surface area contributed by atoms with Gasteiger partial charge in [-0.3, -0.25) is 20.4 Å². The van der Waals surface area contributed by atoms with Gasteiger partial charge in [-0.25, -0.2) is 4.98 Å². The minimum Gasteiger partial charge on any atom is -0.441 e. The number of nitrogens with one attached hydrogen (secondary N) is 2. The van der Waals surface area contributed by atoms with Gasteiger partial charge in [0.05, 0.1) is 0 Å². The van der Waals surface area contributed by atoms with Crippen molar-refractivity contribution in [3.63, 3.8) is 0 Å². The molecule has 0 radical (unpaired) electrons. The van der Waals surface area contributed by atoms with Crippen LogP contribution in [0.5, 0.6) is 0 Å². The average molecular weight is 380 g/mol. The molecule has 0 saturated carbocycles. The molecule has 2 amide bonds. The highest BCUT2D eigenvalue weighted by Crippen LogP contribution is 2.16. The number of carbonyl (C=O) groups excluding carboxylic acids is 2. The molecule has 1 heterocycles. The van der Waals surface area contributed by atoms with Crippen molar-refractivity contribution in [2.24, 2.45) is 0 Å². The Morgan fingerprint density at radius 3 is 2.39 bits per heavy atom. The second kappa shape index (κ2) is 9.03. The summed E-state index contributed by atoms with van der Waals surface area (Å²) >= 11 is 0. The number of rotatable bonds is 7. The Hall–Kier alpha value is -3.35. The Bertz CT molecular complexity index is 913. The smallest absolute Gasteiger partial charge is 0.269 e. The van der Waals surface area contributed by atoms with Crippen LogP contribution >= 0.6 is 0 Å². The lowest BCUT2D eigenvalue weighted by molar-refractivity contribution is -0.121. The summed E-state index contributed by atoms with van der Waals surface area (Å²) in [5.41, 5.74) is 7.86. The third kappa shape index (κ3) is 4.68. The van der Waals surface area contributed by atoms with Crippen molar-refractivity contribution in [3.05, 3.63) is 60.0 Å². The van der Waals surface area contributed by atoms with Crippen molar-refractivity contribution in [3.8, 4) is 0 Å². The number of aryl methyl sites for hydroxylation is 1. The molecule has 0 aliphatic heterocycles. The van der Waals surface area contributed by atoms with E-state index >= 15 is 0 Å². The molecule has 0 unspecified atom stereocenters. The zero-order valence-corrected chi connectivity index (χ0v) is 16.1. The number of nitrogens with zero attached hydrogens (tertiary/aromatic N) is 2. The zero-order valence-electron chi connectivity index (χ0n) is 16.1. The van der Waals surface area contributed by atoms with Crippen LogP contribution in [0.25, 0.3) is 11.1 Å². The summed E-state index contributed by atoms with van der Waals surface area (Å²) in [6, 6.07) is 14.7. The maximum Gasteiger partial charge on any atom is 0.269 e. The first kappa shape index (κ1) is 19.4. The molecular weight excluding hydrogens is 356 g/mol. The van der Waals surface area contributed by atoms with Crippen LogP contribution in [0.3, 0.4) is 0 Å². The topological polar surface area (TPSA) is 87.5 Å². The van der Waals surface area contributed by atoms with Crippen molar-refractivity contribution >= 4 is 28.6 Å². The van der Waals surface area contributed by atoms with Crippen LogP contribution in [0.15, 0.2) is 52.9 Å². The highest BCUT2D eigenvalue weighted by molar-refractivity contribution is 5.95. The first-order valence-corrected chi connectivity index (χ1v) is 9.39. The molecule has 0 spiro atoms. The van der Waals surface area contributed by atoms with E-state index in [0.29, 0.717) is 23.5 Å². The van der Waals surface area contributed by atoms with Gasteiger partial charge in [0, 0.05) is 37.2 Å². The van der Waals surface area contributed by atoms with E-state index in [1.807, 2.05) is 36.4 Å². The van der Waals surface area contributed by atoms with Crippen LogP contribution < -0.4 is 15.8 Å². The van der Waals surface area contributed by atoms with Crippen LogP contribution in [0, 0.1) is 0 Å². The molecule has 0 aliphatic rings. The largest absolute Gasteiger partial charge is 0.441 e. The fourth-order valence-corrected chi connectivity index (χ4v) is 2.92. The number of fused-ring (bicyclic) bond motifs is 1. The zero-order chi connectivity index (χ0) is 19.9. The van der Waals surface area contributed by atoms with Crippen molar-refractivity contribution in [1.82, 2.24) is 15.8 Å². The number of anilines is 1. The van der Waals surface area contributed by atoms with Gasteiger partial charge in [0.2, 0.25) is 5.91 Å². The maximum absolute atomic E-state index is 12.2. The van der Waals surface area contributed by atoms with Gasteiger partial charge in [-0.1, -0.05) is 12.1 Å². The lowest BCUT2D eigenvalue weighted by Gasteiger charge is -2.21. The first-order valence-electron chi connectivity index (χ1n) is 9.39. The van der Waals surface area contributed by atoms with Gasteiger partial charge in [-0.05, 0) is 50.2 Å². The number of benzene rings is 2. The number of hydrogen-bond donors (Lipinski definition) is 2. The molecule has 7 nitrogen and oxygen atoms in total. The van der Waals surface area contributed by atoms with Crippen LogP contribution in [0.1, 0.15) is 36.5 Å². The number of para-hydroxylation sites is 2. The van der Waals surface area contributed by atoms with Crippen molar-refractivity contribution in [1.29, 1.82) is 0 Å². The van der Waals surface area contributed by atoms with E-state index in [2.05, 4.69) is 34.6 Å². The molecule has 0 aliphatic carbocycles. The second-order valence-corrected chi connectivity index (χ2v) is 6.30. The van der Waals surface area contributed by atoms with Crippen LogP contribution in [-0.2, 0) is 11.2 Å². The number of hydrogen-bond acceptors (Lipinski definition) is 5. The molecule has 2 N–H and O–H groups in total. The Balaban J connectivity index is 1.47. The number of oxazole rings is 1. The van der Waals surface area contributed by atoms with E-state index in [-0.39, 0.29) is 18.2 Å². The summed E-state index contributed by atoms with van der Waals surface area (Å²) in [6.07, 6.45) is 0.517. The summed E-state index contributed by atoms with van der Waals surface area (Å²) in [6.45, 7) is 5.97. The van der Waals surface area contributed by atoms with E-state index < -0.39 is 0 Å². The molecule has 0 saturated heterocycles. The number of hydrazine groups is 1. The Morgan fingerprint density at radius 2 is 1.71 bits per heavy atom. The standard InChI is InChI=1S/C21H24N4O3/c1-3-25(4-2)16-11-9-15(10-12-16)21(27)24-23-19(26)13-14-20-22-17-7-5-6-8-18(17)28-20/h5-12H,3-4,13-14H2,1-2H3,(H,23,26)(H,24,27). The summed E-state index contributed by atoms with van der Waals surface area (Å²) in [5, 5.41) is 0. The number of carbonyl (C=O) groups is 2. The molecule has 0 atom stereocenters. The fraction of sp³-hybridized carbons (Fsp3) is 0.286. The molecule has 2 aromatic carbocycles. The number of amides is 2. The minimum absolute atomic E-state index is 0.161. The lowest BCUT2D eigenvalue weighted by Crippen LogP contribution is -2.41. The lowest BCUT2D eigenvalue weighted by atomic mass is 10.2. The normalized spacial score (nSPS) is 10.6. The summed E-state index contributed by atoms with van der Waals surface area (Å²) in [7, 11) is 0. The third-order valence-electron chi connectivity index (χ3n) is 4.48. The molecule has 3 aromatic rings. The van der Waals surface area contributed by atoms with Crippen LogP contribution in [0.4, 0.5) is 5.69 Å².